The minimum atomic E-state index is -4.79. The molecule has 9 heteroatoms. The van der Waals surface area contributed by atoms with Crippen LogP contribution in [0.4, 0.5) is 17.6 Å². The summed E-state index contributed by atoms with van der Waals surface area (Å²) < 4.78 is 57.0. The number of hydrogen-bond acceptors (Lipinski definition) is 3. The molecule has 0 fully saturated rings. The number of halogens is 4. The summed E-state index contributed by atoms with van der Waals surface area (Å²) in [7, 11) is 1.49. The highest BCUT2D eigenvalue weighted by molar-refractivity contribution is 7.80. The molecule has 26 heavy (non-hydrogen) atoms. The Balaban J connectivity index is 1.97. The molecule has 0 saturated carbocycles. The maximum absolute atomic E-state index is 13.9. The molecule has 0 atom stereocenters. The van der Waals surface area contributed by atoms with E-state index in [0.717, 1.165) is 6.07 Å². The first kappa shape index (κ1) is 19.6. The number of amides is 1. The SMILES string of the molecule is COc1ccc(C(=O)NC(=S)NCc2cccc(C(F)(F)F)c2F)cc1. The third-order valence-corrected chi connectivity index (χ3v) is 3.65. The Morgan fingerprint density at radius 3 is 2.38 bits per heavy atom. The fraction of sp³-hybridized carbons (Fsp3) is 0.176. The monoisotopic (exact) mass is 386 g/mol. The van der Waals surface area contributed by atoms with Crippen molar-refractivity contribution in [1.82, 2.24) is 10.6 Å². The van der Waals surface area contributed by atoms with Crippen molar-refractivity contribution in [2.24, 2.45) is 0 Å². The number of ether oxygens (including phenoxy) is 1. The predicted octanol–water partition coefficient (Wildman–Crippen LogP) is 3.66. The molecule has 2 aromatic rings. The number of thiocarbonyl (C=S) groups is 1. The number of benzene rings is 2. The van der Waals surface area contributed by atoms with Crippen LogP contribution in [0.5, 0.6) is 5.75 Å². The summed E-state index contributed by atoms with van der Waals surface area (Å²) in [5.74, 6) is -1.33. The third kappa shape index (κ3) is 4.92. The second-order valence-corrected chi connectivity index (χ2v) is 5.55. The van der Waals surface area contributed by atoms with E-state index in [9.17, 15) is 22.4 Å². The molecule has 0 radical (unpaired) electrons. The predicted molar refractivity (Wildman–Crippen MR) is 91.3 cm³/mol. The standard InChI is InChI=1S/C17H14F4N2O2S/c1-25-12-7-5-10(6-8-12)15(24)23-16(26)22-9-11-3-2-4-13(14(11)18)17(19,20)21/h2-8H,9H2,1H3,(H2,22,23,24,26). The Hall–Kier alpha value is -2.68. The third-order valence-electron chi connectivity index (χ3n) is 3.40. The average Bonchev–Trinajstić information content (AvgIpc) is 2.59. The largest absolute Gasteiger partial charge is 0.497 e. The van der Waals surface area contributed by atoms with Crippen LogP contribution in [0.3, 0.4) is 0 Å². The van der Waals surface area contributed by atoms with E-state index >= 15 is 0 Å². The molecule has 2 N–H and O–H groups in total. The second kappa shape index (κ2) is 8.13. The molecule has 138 valence electrons. The van der Waals surface area contributed by atoms with Crippen LogP contribution in [-0.4, -0.2) is 18.1 Å². The first-order valence-corrected chi connectivity index (χ1v) is 7.71. The number of rotatable bonds is 4. The van der Waals surface area contributed by atoms with Gasteiger partial charge in [0.1, 0.15) is 11.6 Å². The molecule has 0 spiro atoms. The Bertz CT molecular complexity index is 807. The van der Waals surface area contributed by atoms with Gasteiger partial charge in [-0.15, -0.1) is 0 Å². The van der Waals surface area contributed by atoms with E-state index in [1.165, 1.54) is 25.3 Å². The highest BCUT2D eigenvalue weighted by Gasteiger charge is 2.34. The van der Waals surface area contributed by atoms with E-state index < -0.39 is 23.5 Å². The zero-order valence-electron chi connectivity index (χ0n) is 13.5. The molecule has 0 unspecified atom stereocenters. The lowest BCUT2D eigenvalue weighted by molar-refractivity contribution is -0.140. The first-order chi connectivity index (χ1) is 12.2. The topological polar surface area (TPSA) is 50.4 Å². The Morgan fingerprint density at radius 1 is 1.15 bits per heavy atom. The van der Waals surface area contributed by atoms with E-state index in [0.29, 0.717) is 17.4 Å². The number of alkyl halides is 3. The molecular weight excluding hydrogens is 372 g/mol. The Kier molecular flexibility index (Phi) is 6.14. The normalized spacial score (nSPS) is 11.0. The highest BCUT2D eigenvalue weighted by atomic mass is 32.1. The van der Waals surface area contributed by atoms with Crippen LogP contribution in [0, 0.1) is 5.82 Å². The Morgan fingerprint density at radius 2 is 1.81 bits per heavy atom. The van der Waals surface area contributed by atoms with Crippen molar-refractivity contribution in [2.45, 2.75) is 12.7 Å². The molecule has 2 aromatic carbocycles. The van der Waals surface area contributed by atoms with Crippen LogP contribution >= 0.6 is 12.2 Å². The number of methoxy groups -OCH3 is 1. The molecule has 0 bridgehead atoms. The van der Waals surface area contributed by atoms with Crippen molar-refractivity contribution >= 4 is 23.2 Å². The molecule has 4 nitrogen and oxygen atoms in total. The van der Waals surface area contributed by atoms with Crippen LogP contribution < -0.4 is 15.4 Å². The van der Waals surface area contributed by atoms with Gasteiger partial charge in [-0.2, -0.15) is 13.2 Å². The average molecular weight is 386 g/mol. The smallest absolute Gasteiger partial charge is 0.419 e. The lowest BCUT2D eigenvalue weighted by atomic mass is 10.1. The van der Waals surface area contributed by atoms with Crippen molar-refractivity contribution in [1.29, 1.82) is 0 Å². The molecule has 0 aliphatic carbocycles. The number of carbonyl (C=O) groups excluding carboxylic acids is 1. The van der Waals surface area contributed by atoms with Crippen LogP contribution in [0.15, 0.2) is 42.5 Å². The van der Waals surface area contributed by atoms with Gasteiger partial charge < -0.3 is 10.1 Å². The molecule has 0 heterocycles. The minimum Gasteiger partial charge on any atom is -0.497 e. The second-order valence-electron chi connectivity index (χ2n) is 5.14. The van der Waals surface area contributed by atoms with Gasteiger partial charge >= 0.3 is 6.18 Å². The van der Waals surface area contributed by atoms with Crippen LogP contribution in [0.25, 0.3) is 0 Å². The molecule has 2 rings (SSSR count). The van der Waals surface area contributed by atoms with E-state index in [4.69, 9.17) is 17.0 Å². The maximum Gasteiger partial charge on any atom is 0.419 e. The zero-order chi connectivity index (χ0) is 19.3. The van der Waals surface area contributed by atoms with Gasteiger partial charge in [-0.25, -0.2) is 4.39 Å². The summed E-state index contributed by atoms with van der Waals surface area (Å²) in [6.45, 7) is -0.308. The van der Waals surface area contributed by atoms with Gasteiger partial charge in [0.15, 0.2) is 5.11 Å². The first-order valence-electron chi connectivity index (χ1n) is 7.30. The van der Waals surface area contributed by atoms with E-state index in [2.05, 4.69) is 10.6 Å². The molecule has 0 aliphatic heterocycles. The summed E-state index contributed by atoms with van der Waals surface area (Å²) in [6.07, 6.45) is -4.79. The van der Waals surface area contributed by atoms with Crippen molar-refractivity contribution in [2.75, 3.05) is 7.11 Å². The quantitative estimate of drug-likeness (QED) is 0.622. The minimum absolute atomic E-state index is 0.136. The van der Waals surface area contributed by atoms with Crippen LogP contribution in [-0.2, 0) is 12.7 Å². The van der Waals surface area contributed by atoms with Crippen molar-refractivity contribution in [3.63, 3.8) is 0 Å². The number of nitrogens with one attached hydrogen (secondary N) is 2. The molecule has 0 saturated heterocycles. The maximum atomic E-state index is 13.9. The van der Waals surface area contributed by atoms with E-state index in [-0.39, 0.29) is 17.2 Å². The van der Waals surface area contributed by atoms with Gasteiger partial charge in [0.05, 0.1) is 12.7 Å². The zero-order valence-corrected chi connectivity index (χ0v) is 14.3. The van der Waals surface area contributed by atoms with Gasteiger partial charge in [0, 0.05) is 17.7 Å². The fourth-order valence-corrected chi connectivity index (χ4v) is 2.24. The molecule has 1 amide bonds. The summed E-state index contributed by atoms with van der Waals surface area (Å²) in [6, 6.07) is 9.16. The summed E-state index contributed by atoms with van der Waals surface area (Å²) >= 11 is 4.92. The summed E-state index contributed by atoms with van der Waals surface area (Å²) in [5, 5.41) is 4.74. The Labute approximate surface area is 152 Å². The van der Waals surface area contributed by atoms with Gasteiger partial charge in [-0.1, -0.05) is 12.1 Å². The van der Waals surface area contributed by atoms with Crippen LogP contribution in [0.1, 0.15) is 21.5 Å². The van der Waals surface area contributed by atoms with Crippen molar-refractivity contribution in [3.8, 4) is 5.75 Å². The van der Waals surface area contributed by atoms with E-state index in [1.54, 1.807) is 12.1 Å². The van der Waals surface area contributed by atoms with Crippen molar-refractivity contribution < 1.29 is 27.1 Å². The highest BCUT2D eigenvalue weighted by Crippen LogP contribution is 2.32. The molecule has 0 aliphatic rings. The van der Waals surface area contributed by atoms with Crippen LogP contribution in [0.2, 0.25) is 0 Å². The number of carbonyl (C=O) groups is 1. The molecule has 0 aromatic heterocycles. The lowest BCUT2D eigenvalue weighted by Crippen LogP contribution is -2.39. The number of hydrogen-bond donors (Lipinski definition) is 2. The lowest BCUT2D eigenvalue weighted by Gasteiger charge is -2.13. The van der Waals surface area contributed by atoms with Gasteiger partial charge in [0.25, 0.3) is 5.91 Å². The summed E-state index contributed by atoms with van der Waals surface area (Å²) in [5.41, 5.74) is -1.27. The summed E-state index contributed by atoms with van der Waals surface area (Å²) in [4.78, 5) is 12.0. The van der Waals surface area contributed by atoms with Gasteiger partial charge in [-0.05, 0) is 42.5 Å². The van der Waals surface area contributed by atoms with Gasteiger partial charge in [-0.3, -0.25) is 10.1 Å². The van der Waals surface area contributed by atoms with Gasteiger partial charge in [0.2, 0.25) is 0 Å². The van der Waals surface area contributed by atoms with Crippen molar-refractivity contribution in [3.05, 3.63) is 65.0 Å². The molecular formula is C17H14F4N2O2S. The van der Waals surface area contributed by atoms with E-state index in [1.807, 2.05) is 0 Å². The fourth-order valence-electron chi connectivity index (χ4n) is 2.07.